The Morgan fingerprint density at radius 3 is 2.04 bits per heavy atom. The zero-order valence-corrected chi connectivity index (χ0v) is 18.4. The van der Waals surface area contributed by atoms with Crippen LogP contribution >= 0.6 is 0 Å². The van der Waals surface area contributed by atoms with Gasteiger partial charge in [0.05, 0.1) is 6.61 Å². The zero-order valence-electron chi connectivity index (χ0n) is 17.4. The molecule has 0 saturated heterocycles. The lowest BCUT2D eigenvalue weighted by Gasteiger charge is -2.43. The normalized spacial score (nSPS) is 13.5. The van der Waals surface area contributed by atoms with E-state index >= 15 is 0 Å². The van der Waals surface area contributed by atoms with Gasteiger partial charge in [0, 0.05) is 45.5 Å². The summed E-state index contributed by atoms with van der Waals surface area (Å²) in [6.45, 7) is 14.1. The number of rotatable bonds is 15. The summed E-state index contributed by atoms with van der Waals surface area (Å²) >= 11 is 0. The number of hydrogen-bond acceptors (Lipinski definition) is 7. The predicted octanol–water partition coefficient (Wildman–Crippen LogP) is 3.24. The van der Waals surface area contributed by atoms with Gasteiger partial charge in [0.2, 0.25) is 5.41 Å². The van der Waals surface area contributed by atoms with Gasteiger partial charge in [-0.15, -0.1) is 0 Å². The van der Waals surface area contributed by atoms with Crippen molar-refractivity contribution in [2.24, 2.45) is 0 Å². The number of hydrogen-bond donors (Lipinski definition) is 0. The van der Waals surface area contributed by atoms with Crippen molar-refractivity contribution in [2.75, 3.05) is 34.0 Å². The summed E-state index contributed by atoms with van der Waals surface area (Å²) in [6, 6.07) is 0. The molecule has 1 atom stereocenters. The molecular formula is C18H36O7Si. The molecule has 0 aromatic rings. The van der Waals surface area contributed by atoms with Gasteiger partial charge >= 0.3 is 14.8 Å². The molecule has 0 aromatic carbocycles. The van der Waals surface area contributed by atoms with Crippen molar-refractivity contribution >= 4 is 14.8 Å². The molecule has 0 heterocycles. The van der Waals surface area contributed by atoms with Crippen LogP contribution < -0.4 is 0 Å². The summed E-state index contributed by atoms with van der Waals surface area (Å²) in [4.78, 5) is 11.4. The van der Waals surface area contributed by atoms with Gasteiger partial charge in [-0.1, -0.05) is 13.5 Å². The maximum atomic E-state index is 11.4. The van der Waals surface area contributed by atoms with Crippen LogP contribution in [0.1, 0.15) is 53.9 Å². The molecule has 0 spiro atoms. The van der Waals surface area contributed by atoms with Crippen molar-refractivity contribution < 1.29 is 32.3 Å². The number of carbonyl (C=O) groups excluding carboxylic acids is 1. The number of carbonyl (C=O) groups is 1. The summed E-state index contributed by atoms with van der Waals surface area (Å²) in [5.41, 5.74) is -0.665. The minimum atomic E-state index is -3.29. The van der Waals surface area contributed by atoms with Gasteiger partial charge in [-0.2, -0.15) is 0 Å². The van der Waals surface area contributed by atoms with E-state index in [2.05, 4.69) is 6.58 Å². The first-order valence-corrected chi connectivity index (χ1v) is 10.9. The van der Waals surface area contributed by atoms with Crippen LogP contribution in [-0.2, 0) is 32.3 Å². The molecule has 0 radical (unpaired) electrons. The molecule has 26 heavy (non-hydrogen) atoms. The molecule has 0 aromatic heterocycles. The van der Waals surface area contributed by atoms with Gasteiger partial charge in [-0.05, 0) is 40.5 Å². The van der Waals surface area contributed by atoms with Gasteiger partial charge in [0.25, 0.3) is 0 Å². The van der Waals surface area contributed by atoms with E-state index in [1.807, 2.05) is 27.7 Å². The first-order chi connectivity index (χ1) is 12.3. The maximum Gasteiger partial charge on any atom is 0.563 e. The summed E-state index contributed by atoms with van der Waals surface area (Å²) in [6.07, 6.45) is 1.67. The SMILES string of the molecule is C=C(C)C(=O)OCCCC(C)O[Si](OC)(OC)C(CC)(OCC)OCC. The molecule has 8 heteroatoms. The molecule has 0 aliphatic rings. The first kappa shape index (κ1) is 25.2. The van der Waals surface area contributed by atoms with Crippen LogP contribution in [0.5, 0.6) is 0 Å². The summed E-state index contributed by atoms with van der Waals surface area (Å²) in [5, 5.41) is 0. The minimum absolute atomic E-state index is 0.183. The lowest BCUT2D eigenvalue weighted by atomic mass is 10.2. The summed E-state index contributed by atoms with van der Waals surface area (Å²) in [5.74, 6) is -0.381. The molecule has 0 saturated carbocycles. The largest absolute Gasteiger partial charge is 0.563 e. The minimum Gasteiger partial charge on any atom is -0.462 e. The number of esters is 1. The highest BCUT2D eigenvalue weighted by molar-refractivity contribution is 6.63. The summed E-state index contributed by atoms with van der Waals surface area (Å²) in [7, 11) is -0.184. The molecule has 0 fully saturated rings. The lowest BCUT2D eigenvalue weighted by Crippen LogP contribution is -2.67. The third kappa shape index (κ3) is 6.75. The molecule has 7 nitrogen and oxygen atoms in total. The van der Waals surface area contributed by atoms with Gasteiger partial charge in [-0.3, -0.25) is 0 Å². The lowest BCUT2D eigenvalue weighted by molar-refractivity contribution is -0.222. The Morgan fingerprint density at radius 2 is 1.65 bits per heavy atom. The third-order valence-electron chi connectivity index (χ3n) is 3.92. The zero-order chi connectivity index (χ0) is 20.2. The molecule has 154 valence electrons. The fourth-order valence-electron chi connectivity index (χ4n) is 2.67. The van der Waals surface area contributed by atoms with Crippen molar-refractivity contribution in [1.29, 1.82) is 0 Å². The second kappa shape index (κ2) is 12.6. The standard InChI is InChI=1S/C18H36O7Si/c1-9-18(23-10-2,24-11-3)26(20-7,21-8)25-16(6)13-12-14-22-17(19)15(4)5/h16H,4,9-14H2,1-3,5-8H3. The first-order valence-electron chi connectivity index (χ1n) is 9.16. The van der Waals surface area contributed by atoms with Gasteiger partial charge in [-0.25, -0.2) is 4.79 Å². The van der Waals surface area contributed by atoms with Crippen molar-refractivity contribution in [3.63, 3.8) is 0 Å². The van der Waals surface area contributed by atoms with E-state index in [0.29, 0.717) is 44.7 Å². The van der Waals surface area contributed by atoms with Crippen molar-refractivity contribution in [2.45, 2.75) is 65.4 Å². The fraction of sp³-hybridized carbons (Fsp3) is 0.833. The monoisotopic (exact) mass is 392 g/mol. The molecule has 1 unspecified atom stereocenters. The van der Waals surface area contributed by atoms with Crippen LogP contribution in [0.2, 0.25) is 0 Å². The van der Waals surface area contributed by atoms with Gasteiger partial charge < -0.3 is 27.5 Å². The second-order valence-corrected chi connectivity index (χ2v) is 8.85. The Morgan fingerprint density at radius 1 is 1.12 bits per heavy atom. The average molecular weight is 393 g/mol. The smallest absolute Gasteiger partial charge is 0.462 e. The topological polar surface area (TPSA) is 72.5 Å². The van der Waals surface area contributed by atoms with E-state index in [-0.39, 0.29) is 12.1 Å². The third-order valence-corrected chi connectivity index (χ3v) is 7.28. The van der Waals surface area contributed by atoms with E-state index in [4.69, 9.17) is 27.5 Å². The fourth-order valence-corrected chi connectivity index (χ4v) is 5.55. The second-order valence-electron chi connectivity index (χ2n) is 5.92. The Balaban J connectivity index is 5.00. The van der Waals surface area contributed by atoms with Crippen molar-refractivity contribution in [3.8, 4) is 0 Å². The van der Waals surface area contributed by atoms with Crippen molar-refractivity contribution in [1.82, 2.24) is 0 Å². The van der Waals surface area contributed by atoms with E-state index in [1.165, 1.54) is 0 Å². The van der Waals surface area contributed by atoms with Crippen LogP contribution in [0.4, 0.5) is 0 Å². The molecule has 0 N–H and O–H groups in total. The Bertz CT molecular complexity index is 418. The molecule has 0 rings (SSSR count). The maximum absolute atomic E-state index is 11.4. The van der Waals surface area contributed by atoms with Crippen LogP contribution in [0.3, 0.4) is 0 Å². The van der Waals surface area contributed by atoms with Gasteiger partial charge in [0.15, 0.2) is 0 Å². The molecule has 0 amide bonds. The Labute approximate surface area is 159 Å². The Hall–Kier alpha value is -0.773. The molecular weight excluding hydrogens is 356 g/mol. The van der Waals surface area contributed by atoms with Crippen LogP contribution in [-0.4, -0.2) is 60.3 Å². The van der Waals surface area contributed by atoms with E-state index in [9.17, 15) is 4.79 Å². The molecule has 0 aliphatic carbocycles. The highest BCUT2D eigenvalue weighted by atomic mass is 28.4. The summed E-state index contributed by atoms with van der Waals surface area (Å²) < 4.78 is 34.7. The molecule has 0 aliphatic heterocycles. The average Bonchev–Trinajstić information content (AvgIpc) is 2.62. The quantitative estimate of drug-likeness (QED) is 0.139. The van der Waals surface area contributed by atoms with Crippen molar-refractivity contribution in [3.05, 3.63) is 12.2 Å². The van der Waals surface area contributed by atoms with E-state index < -0.39 is 14.2 Å². The van der Waals surface area contributed by atoms with Gasteiger partial charge in [0.1, 0.15) is 0 Å². The highest BCUT2D eigenvalue weighted by Crippen LogP contribution is 2.33. The predicted molar refractivity (Wildman–Crippen MR) is 102 cm³/mol. The van der Waals surface area contributed by atoms with E-state index in [0.717, 1.165) is 0 Å². The Kier molecular flexibility index (Phi) is 12.2. The van der Waals surface area contributed by atoms with Crippen LogP contribution in [0, 0.1) is 0 Å². The number of ether oxygens (including phenoxy) is 3. The van der Waals surface area contributed by atoms with E-state index in [1.54, 1.807) is 21.1 Å². The highest BCUT2D eigenvalue weighted by Gasteiger charge is 2.63. The van der Waals surface area contributed by atoms with Crippen LogP contribution in [0.15, 0.2) is 12.2 Å². The molecule has 0 bridgehead atoms. The van der Waals surface area contributed by atoms with Crippen LogP contribution in [0.25, 0.3) is 0 Å².